The lowest BCUT2D eigenvalue weighted by atomic mass is 10.1. The molecule has 112 valence electrons. The highest BCUT2D eigenvalue weighted by Gasteiger charge is 2.14. The number of hydrogen-bond donors (Lipinski definition) is 1. The van der Waals surface area contributed by atoms with E-state index in [-0.39, 0.29) is 10.6 Å². The van der Waals surface area contributed by atoms with Gasteiger partial charge in [0.1, 0.15) is 0 Å². The van der Waals surface area contributed by atoms with Crippen molar-refractivity contribution in [1.29, 1.82) is 0 Å². The van der Waals surface area contributed by atoms with Crippen LogP contribution in [0, 0.1) is 24.0 Å². The molecule has 0 spiro atoms. The Kier molecular flexibility index (Phi) is 4.70. The maximum Gasteiger partial charge on any atom is 0.272 e. The predicted octanol–water partition coefficient (Wildman–Crippen LogP) is 2.90. The summed E-state index contributed by atoms with van der Waals surface area (Å²) in [4.78, 5) is 10.6. The van der Waals surface area contributed by atoms with E-state index in [0.29, 0.717) is 5.56 Å². The average Bonchev–Trinajstić information content (AvgIpc) is 2.89. The van der Waals surface area contributed by atoms with Gasteiger partial charge in [-0.15, -0.1) is 0 Å². The fourth-order valence-corrected chi connectivity index (χ4v) is 2.21. The SMILES string of the molecule is CCCNCc1ccn(-c2cc(C)c([N+](=O)[O-])cc2C)n1. The number of benzene rings is 1. The van der Waals surface area contributed by atoms with Crippen LogP contribution in [-0.2, 0) is 6.54 Å². The van der Waals surface area contributed by atoms with Gasteiger partial charge in [0.05, 0.1) is 16.3 Å². The molecule has 21 heavy (non-hydrogen) atoms. The molecule has 0 saturated carbocycles. The highest BCUT2D eigenvalue weighted by Crippen LogP contribution is 2.24. The first-order valence-electron chi connectivity index (χ1n) is 7.04. The second-order valence-electron chi connectivity index (χ2n) is 5.11. The molecular formula is C15H20N4O2. The van der Waals surface area contributed by atoms with E-state index in [4.69, 9.17) is 0 Å². The van der Waals surface area contributed by atoms with Crippen molar-refractivity contribution in [3.05, 3.63) is 51.3 Å². The maximum absolute atomic E-state index is 10.9. The van der Waals surface area contributed by atoms with Gasteiger partial charge < -0.3 is 5.32 Å². The summed E-state index contributed by atoms with van der Waals surface area (Å²) in [6.07, 6.45) is 2.97. The molecule has 0 fully saturated rings. The molecule has 0 unspecified atom stereocenters. The topological polar surface area (TPSA) is 73.0 Å². The van der Waals surface area contributed by atoms with Crippen molar-refractivity contribution in [3.8, 4) is 5.69 Å². The van der Waals surface area contributed by atoms with Crippen LogP contribution in [-0.4, -0.2) is 21.2 Å². The highest BCUT2D eigenvalue weighted by atomic mass is 16.6. The van der Waals surface area contributed by atoms with Crippen LogP contribution in [0.2, 0.25) is 0 Å². The fourth-order valence-electron chi connectivity index (χ4n) is 2.21. The van der Waals surface area contributed by atoms with Crippen LogP contribution in [0.25, 0.3) is 5.69 Å². The zero-order valence-electron chi connectivity index (χ0n) is 12.6. The molecule has 0 atom stereocenters. The van der Waals surface area contributed by atoms with Crippen molar-refractivity contribution in [2.45, 2.75) is 33.7 Å². The number of aromatic nitrogens is 2. The molecule has 1 heterocycles. The number of rotatable bonds is 6. The first-order valence-corrected chi connectivity index (χ1v) is 7.04. The Hall–Kier alpha value is -2.21. The lowest BCUT2D eigenvalue weighted by molar-refractivity contribution is -0.385. The number of nitrogens with zero attached hydrogens (tertiary/aromatic N) is 3. The maximum atomic E-state index is 10.9. The molecule has 0 saturated heterocycles. The van der Waals surface area contributed by atoms with E-state index < -0.39 is 0 Å². The van der Waals surface area contributed by atoms with Crippen molar-refractivity contribution in [2.24, 2.45) is 0 Å². The van der Waals surface area contributed by atoms with E-state index in [1.807, 2.05) is 25.3 Å². The van der Waals surface area contributed by atoms with E-state index in [2.05, 4.69) is 17.3 Å². The molecule has 6 heteroatoms. The summed E-state index contributed by atoms with van der Waals surface area (Å²) in [5.41, 5.74) is 3.46. The van der Waals surface area contributed by atoms with Crippen LogP contribution in [0.1, 0.15) is 30.2 Å². The van der Waals surface area contributed by atoms with Crippen LogP contribution >= 0.6 is 0 Å². The van der Waals surface area contributed by atoms with Gasteiger partial charge in [-0.1, -0.05) is 6.92 Å². The summed E-state index contributed by atoms with van der Waals surface area (Å²) in [5, 5.41) is 18.8. The van der Waals surface area contributed by atoms with E-state index >= 15 is 0 Å². The lowest BCUT2D eigenvalue weighted by Crippen LogP contribution is -2.14. The number of aryl methyl sites for hydroxylation is 2. The Morgan fingerprint density at radius 3 is 2.76 bits per heavy atom. The summed E-state index contributed by atoms with van der Waals surface area (Å²) in [6.45, 7) is 7.41. The zero-order chi connectivity index (χ0) is 15.4. The Morgan fingerprint density at radius 1 is 1.33 bits per heavy atom. The molecule has 0 aliphatic carbocycles. The molecule has 0 radical (unpaired) electrons. The Morgan fingerprint density at radius 2 is 2.10 bits per heavy atom. The molecule has 0 amide bonds. The molecule has 0 bridgehead atoms. The average molecular weight is 288 g/mol. The Balaban J connectivity index is 2.26. The van der Waals surface area contributed by atoms with Gasteiger partial charge in [-0.05, 0) is 44.5 Å². The summed E-state index contributed by atoms with van der Waals surface area (Å²) < 4.78 is 1.77. The summed E-state index contributed by atoms with van der Waals surface area (Å²) in [7, 11) is 0. The molecule has 2 rings (SSSR count). The third kappa shape index (κ3) is 3.46. The lowest BCUT2D eigenvalue weighted by Gasteiger charge is -2.08. The van der Waals surface area contributed by atoms with Gasteiger partial charge in [-0.25, -0.2) is 4.68 Å². The normalized spacial score (nSPS) is 10.8. The molecule has 1 aromatic carbocycles. The summed E-state index contributed by atoms with van der Waals surface area (Å²) in [6, 6.07) is 5.36. The molecule has 0 aliphatic heterocycles. The second kappa shape index (κ2) is 6.49. The van der Waals surface area contributed by atoms with Gasteiger partial charge in [-0.3, -0.25) is 10.1 Å². The minimum Gasteiger partial charge on any atom is -0.311 e. The van der Waals surface area contributed by atoms with Gasteiger partial charge in [0, 0.05) is 24.4 Å². The highest BCUT2D eigenvalue weighted by molar-refractivity contribution is 5.52. The van der Waals surface area contributed by atoms with Gasteiger partial charge in [0.15, 0.2) is 0 Å². The van der Waals surface area contributed by atoms with E-state index in [0.717, 1.165) is 36.5 Å². The quantitative estimate of drug-likeness (QED) is 0.504. The number of nitro benzene ring substituents is 1. The molecule has 2 aromatic rings. The smallest absolute Gasteiger partial charge is 0.272 e. The fraction of sp³-hybridized carbons (Fsp3) is 0.400. The van der Waals surface area contributed by atoms with Gasteiger partial charge in [-0.2, -0.15) is 5.10 Å². The van der Waals surface area contributed by atoms with E-state index in [1.54, 1.807) is 17.7 Å². The van der Waals surface area contributed by atoms with Crippen molar-refractivity contribution in [1.82, 2.24) is 15.1 Å². The predicted molar refractivity (Wildman–Crippen MR) is 81.7 cm³/mol. The summed E-state index contributed by atoms with van der Waals surface area (Å²) in [5.74, 6) is 0. The second-order valence-corrected chi connectivity index (χ2v) is 5.11. The third-order valence-electron chi connectivity index (χ3n) is 3.34. The first-order chi connectivity index (χ1) is 10.0. The minimum absolute atomic E-state index is 0.147. The van der Waals surface area contributed by atoms with E-state index in [9.17, 15) is 10.1 Å². The molecule has 1 aromatic heterocycles. The Bertz CT molecular complexity index is 649. The van der Waals surface area contributed by atoms with E-state index in [1.165, 1.54) is 0 Å². The first kappa shape index (κ1) is 15.2. The van der Waals surface area contributed by atoms with Crippen molar-refractivity contribution in [3.63, 3.8) is 0 Å². The number of nitrogens with one attached hydrogen (secondary N) is 1. The molecule has 6 nitrogen and oxygen atoms in total. The molecule has 0 aliphatic rings. The third-order valence-corrected chi connectivity index (χ3v) is 3.34. The van der Waals surface area contributed by atoms with Crippen LogP contribution in [0.5, 0.6) is 0 Å². The number of nitro groups is 1. The largest absolute Gasteiger partial charge is 0.311 e. The Labute approximate surface area is 123 Å². The van der Waals surface area contributed by atoms with Crippen molar-refractivity contribution < 1.29 is 4.92 Å². The minimum atomic E-state index is -0.352. The zero-order valence-corrected chi connectivity index (χ0v) is 12.6. The van der Waals surface area contributed by atoms with Gasteiger partial charge >= 0.3 is 0 Å². The van der Waals surface area contributed by atoms with Crippen LogP contribution < -0.4 is 5.32 Å². The van der Waals surface area contributed by atoms with Crippen molar-refractivity contribution in [2.75, 3.05) is 6.54 Å². The van der Waals surface area contributed by atoms with Crippen LogP contribution in [0.4, 0.5) is 5.69 Å². The van der Waals surface area contributed by atoms with Gasteiger partial charge in [0.2, 0.25) is 0 Å². The standard InChI is InChI=1S/C15H20N4O2/c1-4-6-16-10-13-5-7-18(17-13)14-8-12(3)15(19(20)21)9-11(14)2/h5,7-9,16H,4,6,10H2,1-3H3. The van der Waals surface area contributed by atoms with Crippen LogP contribution in [0.15, 0.2) is 24.4 Å². The van der Waals surface area contributed by atoms with Gasteiger partial charge in [0.25, 0.3) is 5.69 Å². The monoisotopic (exact) mass is 288 g/mol. The van der Waals surface area contributed by atoms with Crippen LogP contribution in [0.3, 0.4) is 0 Å². The molecule has 1 N–H and O–H groups in total. The van der Waals surface area contributed by atoms with Crippen molar-refractivity contribution >= 4 is 5.69 Å². The number of hydrogen-bond acceptors (Lipinski definition) is 4. The summed E-state index contributed by atoms with van der Waals surface area (Å²) >= 11 is 0. The molecular weight excluding hydrogens is 268 g/mol.